The van der Waals surface area contributed by atoms with E-state index in [0.29, 0.717) is 23.8 Å². The second kappa shape index (κ2) is 4.73. The standard InChI is InChI=1S/C11H12N4O2/c1-3-17-11(16)9-7(2)14-10(15-9)8-4-12-6-13-5-8/h4-6H,3H2,1-2H3,(H,14,15). The number of esters is 1. The zero-order valence-electron chi connectivity index (χ0n) is 9.60. The minimum atomic E-state index is -0.427. The average Bonchev–Trinajstić information content (AvgIpc) is 2.73. The number of ether oxygens (including phenoxy) is 1. The summed E-state index contributed by atoms with van der Waals surface area (Å²) in [6.07, 6.45) is 4.69. The Kier molecular flexibility index (Phi) is 3.13. The number of carbonyl (C=O) groups excluding carboxylic acids is 1. The van der Waals surface area contributed by atoms with Crippen molar-refractivity contribution in [1.82, 2.24) is 19.9 Å². The van der Waals surface area contributed by atoms with E-state index in [1.807, 2.05) is 0 Å². The van der Waals surface area contributed by atoms with Crippen LogP contribution in [-0.4, -0.2) is 32.5 Å². The quantitative estimate of drug-likeness (QED) is 0.808. The number of hydrogen-bond donors (Lipinski definition) is 1. The molecule has 0 amide bonds. The van der Waals surface area contributed by atoms with Gasteiger partial charge in [-0.1, -0.05) is 0 Å². The number of imidazole rings is 1. The maximum absolute atomic E-state index is 11.6. The second-order valence-corrected chi connectivity index (χ2v) is 3.41. The highest BCUT2D eigenvalue weighted by Gasteiger charge is 2.16. The fourth-order valence-electron chi connectivity index (χ4n) is 1.42. The minimum absolute atomic E-state index is 0.297. The van der Waals surface area contributed by atoms with Crippen molar-refractivity contribution < 1.29 is 9.53 Å². The molecule has 0 aliphatic rings. The third-order valence-electron chi connectivity index (χ3n) is 2.19. The molecular weight excluding hydrogens is 220 g/mol. The van der Waals surface area contributed by atoms with E-state index in [-0.39, 0.29) is 0 Å². The number of rotatable bonds is 3. The first kappa shape index (κ1) is 11.3. The van der Waals surface area contributed by atoms with Crippen LogP contribution < -0.4 is 0 Å². The van der Waals surface area contributed by atoms with Crippen LogP contribution in [-0.2, 0) is 4.74 Å². The van der Waals surface area contributed by atoms with E-state index in [1.165, 1.54) is 6.33 Å². The monoisotopic (exact) mass is 232 g/mol. The topological polar surface area (TPSA) is 80.8 Å². The molecule has 88 valence electrons. The molecule has 0 aliphatic heterocycles. The summed E-state index contributed by atoms with van der Waals surface area (Å²) in [5, 5.41) is 0. The second-order valence-electron chi connectivity index (χ2n) is 3.41. The predicted octanol–water partition coefficient (Wildman–Crippen LogP) is 1.35. The SMILES string of the molecule is CCOC(=O)c1nc(-c2cncnc2)[nH]c1C. The predicted molar refractivity (Wildman–Crippen MR) is 60.3 cm³/mol. The van der Waals surface area contributed by atoms with Crippen LogP contribution in [0, 0.1) is 6.92 Å². The first-order valence-electron chi connectivity index (χ1n) is 5.21. The normalized spacial score (nSPS) is 10.2. The number of carbonyl (C=O) groups is 1. The van der Waals surface area contributed by atoms with Crippen molar-refractivity contribution in [3.8, 4) is 11.4 Å². The Hall–Kier alpha value is -2.24. The fourth-order valence-corrected chi connectivity index (χ4v) is 1.42. The van der Waals surface area contributed by atoms with Gasteiger partial charge in [-0.05, 0) is 13.8 Å². The van der Waals surface area contributed by atoms with Gasteiger partial charge in [0.15, 0.2) is 5.69 Å². The smallest absolute Gasteiger partial charge is 0.358 e. The molecule has 0 saturated carbocycles. The lowest BCUT2D eigenvalue weighted by atomic mass is 10.3. The molecule has 6 nitrogen and oxygen atoms in total. The molecule has 0 bridgehead atoms. The highest BCUT2D eigenvalue weighted by Crippen LogP contribution is 2.16. The van der Waals surface area contributed by atoms with Gasteiger partial charge in [0, 0.05) is 18.1 Å². The zero-order chi connectivity index (χ0) is 12.3. The van der Waals surface area contributed by atoms with Crippen LogP contribution in [0.2, 0.25) is 0 Å². The Labute approximate surface area is 98.1 Å². The molecule has 6 heteroatoms. The van der Waals surface area contributed by atoms with Crippen molar-refractivity contribution in [2.75, 3.05) is 6.61 Å². The minimum Gasteiger partial charge on any atom is -0.461 e. The molecule has 2 aromatic heterocycles. The van der Waals surface area contributed by atoms with Crippen LogP contribution in [0.5, 0.6) is 0 Å². The van der Waals surface area contributed by atoms with Gasteiger partial charge < -0.3 is 9.72 Å². The van der Waals surface area contributed by atoms with Crippen LogP contribution in [0.3, 0.4) is 0 Å². The van der Waals surface area contributed by atoms with Crippen molar-refractivity contribution in [2.45, 2.75) is 13.8 Å². The van der Waals surface area contributed by atoms with Crippen molar-refractivity contribution in [3.05, 3.63) is 30.1 Å². The molecule has 17 heavy (non-hydrogen) atoms. The summed E-state index contributed by atoms with van der Waals surface area (Å²) in [5.41, 5.74) is 1.69. The van der Waals surface area contributed by atoms with Crippen molar-refractivity contribution >= 4 is 5.97 Å². The van der Waals surface area contributed by atoms with Gasteiger partial charge in [-0.15, -0.1) is 0 Å². The highest BCUT2D eigenvalue weighted by molar-refractivity contribution is 5.89. The first-order valence-corrected chi connectivity index (χ1v) is 5.21. The molecule has 0 saturated heterocycles. The van der Waals surface area contributed by atoms with E-state index in [0.717, 1.165) is 5.56 Å². The van der Waals surface area contributed by atoms with E-state index in [4.69, 9.17) is 4.74 Å². The lowest BCUT2D eigenvalue weighted by molar-refractivity contribution is 0.0519. The summed E-state index contributed by atoms with van der Waals surface area (Å²) in [7, 11) is 0. The van der Waals surface area contributed by atoms with E-state index in [2.05, 4.69) is 19.9 Å². The molecule has 0 aliphatic carbocycles. The number of nitrogens with zero attached hydrogens (tertiary/aromatic N) is 3. The molecule has 0 atom stereocenters. The summed E-state index contributed by atoms with van der Waals surface area (Å²) >= 11 is 0. The number of nitrogens with one attached hydrogen (secondary N) is 1. The Bertz CT molecular complexity index is 522. The van der Waals surface area contributed by atoms with E-state index < -0.39 is 5.97 Å². The van der Waals surface area contributed by atoms with Gasteiger partial charge in [0.1, 0.15) is 12.2 Å². The number of H-pyrrole nitrogens is 1. The van der Waals surface area contributed by atoms with Gasteiger partial charge in [-0.3, -0.25) is 0 Å². The molecule has 0 spiro atoms. The summed E-state index contributed by atoms with van der Waals surface area (Å²) in [4.78, 5) is 26.6. The van der Waals surface area contributed by atoms with Gasteiger partial charge in [-0.2, -0.15) is 0 Å². The lowest BCUT2D eigenvalue weighted by Gasteiger charge is -1.97. The lowest BCUT2D eigenvalue weighted by Crippen LogP contribution is -2.06. The number of aryl methyl sites for hydroxylation is 1. The molecule has 2 aromatic rings. The van der Waals surface area contributed by atoms with Crippen molar-refractivity contribution in [1.29, 1.82) is 0 Å². The maximum Gasteiger partial charge on any atom is 0.358 e. The van der Waals surface area contributed by atoms with Gasteiger partial charge in [0.2, 0.25) is 0 Å². The molecule has 2 heterocycles. The van der Waals surface area contributed by atoms with Crippen LogP contribution in [0.1, 0.15) is 23.1 Å². The van der Waals surface area contributed by atoms with E-state index >= 15 is 0 Å². The first-order chi connectivity index (χ1) is 8.22. The summed E-state index contributed by atoms with van der Waals surface area (Å²) in [5.74, 6) is 0.135. The van der Waals surface area contributed by atoms with Crippen LogP contribution in [0.25, 0.3) is 11.4 Å². The summed E-state index contributed by atoms with van der Waals surface area (Å²) in [6, 6.07) is 0. The molecule has 0 radical (unpaired) electrons. The Balaban J connectivity index is 2.34. The van der Waals surface area contributed by atoms with Crippen molar-refractivity contribution in [2.24, 2.45) is 0 Å². The highest BCUT2D eigenvalue weighted by atomic mass is 16.5. The van der Waals surface area contributed by atoms with Crippen LogP contribution in [0.15, 0.2) is 18.7 Å². The molecule has 0 fully saturated rings. The van der Waals surface area contributed by atoms with Gasteiger partial charge in [0.25, 0.3) is 0 Å². The third kappa shape index (κ3) is 2.30. The van der Waals surface area contributed by atoms with Gasteiger partial charge >= 0.3 is 5.97 Å². The largest absolute Gasteiger partial charge is 0.461 e. The number of hydrogen-bond acceptors (Lipinski definition) is 5. The van der Waals surface area contributed by atoms with Gasteiger partial charge in [-0.25, -0.2) is 19.7 Å². The van der Waals surface area contributed by atoms with Crippen LogP contribution in [0.4, 0.5) is 0 Å². The van der Waals surface area contributed by atoms with E-state index in [9.17, 15) is 4.79 Å². The Morgan fingerprint density at radius 1 is 1.41 bits per heavy atom. The molecule has 0 aromatic carbocycles. The average molecular weight is 232 g/mol. The summed E-state index contributed by atoms with van der Waals surface area (Å²) < 4.78 is 4.91. The number of aromatic amines is 1. The number of aromatic nitrogens is 4. The fraction of sp³-hybridized carbons (Fsp3) is 0.273. The summed E-state index contributed by atoms with van der Waals surface area (Å²) in [6.45, 7) is 3.85. The molecular formula is C11H12N4O2. The Morgan fingerprint density at radius 2 is 2.12 bits per heavy atom. The van der Waals surface area contributed by atoms with Gasteiger partial charge in [0.05, 0.1) is 12.2 Å². The molecule has 1 N–H and O–H groups in total. The van der Waals surface area contributed by atoms with E-state index in [1.54, 1.807) is 26.2 Å². The van der Waals surface area contributed by atoms with Crippen molar-refractivity contribution in [3.63, 3.8) is 0 Å². The maximum atomic E-state index is 11.6. The molecule has 2 rings (SSSR count). The third-order valence-corrected chi connectivity index (χ3v) is 2.19. The Morgan fingerprint density at radius 3 is 2.76 bits per heavy atom. The van der Waals surface area contributed by atoms with Crippen LogP contribution >= 0.6 is 0 Å². The molecule has 0 unspecified atom stereocenters. The zero-order valence-corrected chi connectivity index (χ0v) is 9.60.